The Bertz CT molecular complexity index is 592. The maximum absolute atomic E-state index is 11.2. The highest BCUT2D eigenvalue weighted by atomic mass is 16.1. The second-order valence-electron chi connectivity index (χ2n) is 5.79. The van der Waals surface area contributed by atoms with Gasteiger partial charge < -0.3 is 5.73 Å². The zero-order valence-corrected chi connectivity index (χ0v) is 11.6. The number of hydrogen-bond donors (Lipinski definition) is 1. The SMILES string of the molecule is CC(C)(C)c1ccc(C=O)c(-c2ccc(N)cc2)c1. The molecule has 0 amide bonds. The van der Waals surface area contributed by atoms with Crippen LogP contribution in [0.15, 0.2) is 42.5 Å². The Balaban J connectivity index is 2.59. The minimum absolute atomic E-state index is 0.0595. The number of hydrogen-bond acceptors (Lipinski definition) is 2. The maximum Gasteiger partial charge on any atom is 0.150 e. The van der Waals surface area contributed by atoms with Crippen LogP contribution in [0.25, 0.3) is 11.1 Å². The van der Waals surface area contributed by atoms with Crippen molar-refractivity contribution >= 4 is 12.0 Å². The number of nitrogens with two attached hydrogens (primary N) is 1. The fourth-order valence-electron chi connectivity index (χ4n) is 2.04. The molecule has 19 heavy (non-hydrogen) atoms. The highest BCUT2D eigenvalue weighted by Crippen LogP contribution is 2.30. The molecular weight excluding hydrogens is 234 g/mol. The molecule has 0 spiro atoms. The minimum Gasteiger partial charge on any atom is -0.399 e. The average Bonchev–Trinajstić information content (AvgIpc) is 2.38. The molecule has 0 atom stereocenters. The summed E-state index contributed by atoms with van der Waals surface area (Å²) in [6.07, 6.45) is 0.901. The van der Waals surface area contributed by atoms with Crippen LogP contribution >= 0.6 is 0 Å². The lowest BCUT2D eigenvalue weighted by Gasteiger charge is -2.20. The number of carbonyl (C=O) groups excluding carboxylic acids is 1. The van der Waals surface area contributed by atoms with Crippen LogP contribution in [0, 0.1) is 0 Å². The summed E-state index contributed by atoms with van der Waals surface area (Å²) in [6.45, 7) is 6.49. The molecule has 0 aromatic heterocycles. The van der Waals surface area contributed by atoms with Gasteiger partial charge in [0.25, 0.3) is 0 Å². The molecule has 0 bridgehead atoms. The predicted octanol–water partition coefficient (Wildman–Crippen LogP) is 4.05. The molecule has 2 heteroatoms. The molecule has 2 N–H and O–H groups in total. The Morgan fingerprint density at radius 1 is 1.00 bits per heavy atom. The molecule has 2 aromatic rings. The lowest BCUT2D eigenvalue weighted by molar-refractivity contribution is 0.112. The van der Waals surface area contributed by atoms with Crippen LogP contribution in [0.2, 0.25) is 0 Å². The monoisotopic (exact) mass is 253 g/mol. The lowest BCUT2D eigenvalue weighted by atomic mass is 9.84. The van der Waals surface area contributed by atoms with Crippen molar-refractivity contribution in [3.05, 3.63) is 53.6 Å². The van der Waals surface area contributed by atoms with Gasteiger partial charge >= 0.3 is 0 Å². The standard InChI is InChI=1S/C17H19NO/c1-17(2,3)14-7-4-13(11-19)16(10-14)12-5-8-15(18)9-6-12/h4-11H,18H2,1-3H3. The Morgan fingerprint density at radius 2 is 1.63 bits per heavy atom. The minimum atomic E-state index is 0.0595. The normalized spacial score (nSPS) is 11.3. The molecule has 0 aliphatic rings. The molecule has 0 fully saturated rings. The third kappa shape index (κ3) is 2.84. The molecule has 0 saturated carbocycles. The van der Waals surface area contributed by atoms with Crippen molar-refractivity contribution in [3.8, 4) is 11.1 Å². The summed E-state index contributed by atoms with van der Waals surface area (Å²) < 4.78 is 0. The molecule has 2 nitrogen and oxygen atoms in total. The van der Waals surface area contributed by atoms with Gasteiger partial charge in [0, 0.05) is 11.3 Å². The zero-order valence-electron chi connectivity index (χ0n) is 11.6. The van der Waals surface area contributed by atoms with Crippen LogP contribution in [0.5, 0.6) is 0 Å². The van der Waals surface area contributed by atoms with E-state index >= 15 is 0 Å². The molecule has 0 aliphatic heterocycles. The van der Waals surface area contributed by atoms with Gasteiger partial charge in [0.05, 0.1) is 0 Å². The summed E-state index contributed by atoms with van der Waals surface area (Å²) in [7, 11) is 0. The van der Waals surface area contributed by atoms with E-state index in [-0.39, 0.29) is 5.41 Å². The van der Waals surface area contributed by atoms with E-state index in [1.807, 2.05) is 36.4 Å². The van der Waals surface area contributed by atoms with Crippen molar-refractivity contribution in [3.63, 3.8) is 0 Å². The zero-order chi connectivity index (χ0) is 14.0. The summed E-state index contributed by atoms with van der Waals surface area (Å²) >= 11 is 0. The van der Waals surface area contributed by atoms with Gasteiger partial charge in [-0.1, -0.05) is 45.0 Å². The molecule has 0 aliphatic carbocycles. The first-order chi connectivity index (χ1) is 8.91. The number of nitrogen functional groups attached to an aromatic ring is 1. The van der Waals surface area contributed by atoms with Gasteiger partial charge in [-0.2, -0.15) is 0 Å². The topological polar surface area (TPSA) is 43.1 Å². The van der Waals surface area contributed by atoms with Gasteiger partial charge in [0.1, 0.15) is 0 Å². The third-order valence-electron chi connectivity index (χ3n) is 3.27. The van der Waals surface area contributed by atoms with Crippen LogP contribution in [0.4, 0.5) is 5.69 Å². The molecule has 2 aromatic carbocycles. The van der Waals surface area contributed by atoms with Crippen molar-refractivity contribution in [2.75, 3.05) is 5.73 Å². The number of benzene rings is 2. The van der Waals surface area contributed by atoms with E-state index in [1.54, 1.807) is 0 Å². The highest BCUT2D eigenvalue weighted by molar-refractivity contribution is 5.88. The van der Waals surface area contributed by atoms with Gasteiger partial charge in [-0.05, 0) is 40.3 Å². The van der Waals surface area contributed by atoms with E-state index < -0.39 is 0 Å². The van der Waals surface area contributed by atoms with Crippen molar-refractivity contribution < 1.29 is 4.79 Å². The van der Waals surface area contributed by atoms with E-state index in [0.717, 1.165) is 23.1 Å². The Kier molecular flexibility index (Phi) is 3.43. The second kappa shape index (κ2) is 4.88. The van der Waals surface area contributed by atoms with Crippen LogP contribution in [0.1, 0.15) is 36.7 Å². The van der Waals surface area contributed by atoms with Crippen LogP contribution in [0.3, 0.4) is 0 Å². The van der Waals surface area contributed by atoms with Crippen molar-refractivity contribution in [2.24, 2.45) is 0 Å². The molecule has 0 radical (unpaired) electrons. The average molecular weight is 253 g/mol. The molecule has 0 saturated heterocycles. The summed E-state index contributed by atoms with van der Waals surface area (Å²) in [6, 6.07) is 13.6. The van der Waals surface area contributed by atoms with E-state index in [4.69, 9.17) is 5.73 Å². The van der Waals surface area contributed by atoms with E-state index in [9.17, 15) is 4.79 Å². The van der Waals surface area contributed by atoms with E-state index in [0.29, 0.717) is 5.56 Å². The van der Waals surface area contributed by atoms with Crippen LogP contribution in [-0.4, -0.2) is 6.29 Å². The molecular formula is C17H19NO. The quantitative estimate of drug-likeness (QED) is 0.648. The van der Waals surface area contributed by atoms with E-state index in [2.05, 4.69) is 26.8 Å². The predicted molar refractivity (Wildman–Crippen MR) is 80.4 cm³/mol. The van der Waals surface area contributed by atoms with Gasteiger partial charge in [-0.25, -0.2) is 0 Å². The van der Waals surface area contributed by atoms with Crippen molar-refractivity contribution in [1.82, 2.24) is 0 Å². The molecule has 0 unspecified atom stereocenters. The summed E-state index contributed by atoms with van der Waals surface area (Å²) in [5.41, 5.74) is 10.4. The first kappa shape index (κ1) is 13.3. The number of rotatable bonds is 2. The molecule has 0 heterocycles. The first-order valence-corrected chi connectivity index (χ1v) is 6.37. The summed E-state index contributed by atoms with van der Waals surface area (Å²) in [5.74, 6) is 0. The summed E-state index contributed by atoms with van der Waals surface area (Å²) in [4.78, 5) is 11.2. The van der Waals surface area contributed by atoms with Gasteiger partial charge in [-0.3, -0.25) is 4.79 Å². The van der Waals surface area contributed by atoms with Crippen molar-refractivity contribution in [2.45, 2.75) is 26.2 Å². The maximum atomic E-state index is 11.2. The lowest BCUT2D eigenvalue weighted by Crippen LogP contribution is -2.11. The Labute approximate surface area is 114 Å². The Morgan fingerprint density at radius 3 is 2.16 bits per heavy atom. The van der Waals surface area contributed by atoms with Crippen molar-refractivity contribution in [1.29, 1.82) is 0 Å². The van der Waals surface area contributed by atoms with E-state index in [1.165, 1.54) is 5.56 Å². The smallest absolute Gasteiger partial charge is 0.150 e. The fraction of sp³-hybridized carbons (Fsp3) is 0.235. The molecule has 98 valence electrons. The number of aldehydes is 1. The number of carbonyl (C=O) groups is 1. The van der Waals surface area contributed by atoms with Crippen LogP contribution in [-0.2, 0) is 5.41 Å². The van der Waals surface area contributed by atoms with Gasteiger partial charge in [-0.15, -0.1) is 0 Å². The second-order valence-corrected chi connectivity index (χ2v) is 5.79. The first-order valence-electron chi connectivity index (χ1n) is 6.37. The van der Waals surface area contributed by atoms with Crippen LogP contribution < -0.4 is 5.73 Å². The fourth-order valence-corrected chi connectivity index (χ4v) is 2.04. The highest BCUT2D eigenvalue weighted by Gasteiger charge is 2.16. The van der Waals surface area contributed by atoms with Gasteiger partial charge in [0.2, 0.25) is 0 Å². The Hall–Kier alpha value is -2.09. The number of anilines is 1. The third-order valence-corrected chi connectivity index (χ3v) is 3.27. The van der Waals surface area contributed by atoms with Gasteiger partial charge in [0.15, 0.2) is 6.29 Å². The largest absolute Gasteiger partial charge is 0.399 e. The summed E-state index contributed by atoms with van der Waals surface area (Å²) in [5, 5.41) is 0. The molecule has 2 rings (SSSR count).